The van der Waals surface area contributed by atoms with Gasteiger partial charge in [0.15, 0.2) is 11.5 Å². The summed E-state index contributed by atoms with van der Waals surface area (Å²) in [5.74, 6) is 1.07. The monoisotopic (exact) mass is 376 g/mol. The van der Waals surface area contributed by atoms with Gasteiger partial charge < -0.3 is 19.8 Å². The van der Waals surface area contributed by atoms with Crippen LogP contribution in [0.25, 0.3) is 10.9 Å². The number of amides is 1. The SMILES string of the molecule is O=C(CCCc1c[nH]c2ccccc12)Nc1ccc2c(c1)OC1(CCCC1)O2. The number of carbonyl (C=O) groups excluding carboxylic acids is 1. The van der Waals surface area contributed by atoms with Crippen molar-refractivity contribution in [3.63, 3.8) is 0 Å². The van der Waals surface area contributed by atoms with E-state index in [-0.39, 0.29) is 5.91 Å². The van der Waals surface area contributed by atoms with Gasteiger partial charge in [-0.25, -0.2) is 0 Å². The minimum absolute atomic E-state index is 0.0225. The lowest BCUT2D eigenvalue weighted by Crippen LogP contribution is -2.34. The molecule has 2 aliphatic rings. The van der Waals surface area contributed by atoms with E-state index in [1.54, 1.807) is 0 Å². The number of aryl methyl sites for hydroxylation is 1. The fraction of sp³-hybridized carbons (Fsp3) is 0.348. The van der Waals surface area contributed by atoms with Crippen molar-refractivity contribution in [3.05, 3.63) is 54.2 Å². The van der Waals surface area contributed by atoms with Crippen LogP contribution in [0, 0.1) is 0 Å². The maximum Gasteiger partial charge on any atom is 0.251 e. The molecule has 144 valence electrons. The Bertz CT molecular complexity index is 1020. The highest BCUT2D eigenvalue weighted by Crippen LogP contribution is 2.47. The summed E-state index contributed by atoms with van der Waals surface area (Å²) in [7, 11) is 0. The van der Waals surface area contributed by atoms with Gasteiger partial charge in [0.25, 0.3) is 5.79 Å². The van der Waals surface area contributed by atoms with Crippen molar-refractivity contribution < 1.29 is 14.3 Å². The van der Waals surface area contributed by atoms with E-state index in [9.17, 15) is 4.79 Å². The van der Waals surface area contributed by atoms with Gasteiger partial charge in [-0.05, 0) is 49.4 Å². The number of carbonyl (C=O) groups is 1. The van der Waals surface area contributed by atoms with Crippen molar-refractivity contribution in [2.75, 3.05) is 5.32 Å². The average Bonchev–Trinajstić information content (AvgIpc) is 3.40. The van der Waals surface area contributed by atoms with Crippen molar-refractivity contribution in [3.8, 4) is 11.5 Å². The van der Waals surface area contributed by atoms with Gasteiger partial charge >= 0.3 is 0 Å². The molecule has 2 heterocycles. The first-order chi connectivity index (χ1) is 13.7. The van der Waals surface area contributed by atoms with Crippen molar-refractivity contribution in [1.29, 1.82) is 0 Å². The van der Waals surface area contributed by atoms with E-state index in [4.69, 9.17) is 9.47 Å². The van der Waals surface area contributed by atoms with Gasteiger partial charge in [-0.1, -0.05) is 18.2 Å². The molecule has 0 radical (unpaired) electrons. The van der Waals surface area contributed by atoms with Crippen molar-refractivity contribution in [2.45, 2.75) is 50.7 Å². The normalized spacial score (nSPS) is 16.7. The topological polar surface area (TPSA) is 63.4 Å². The van der Waals surface area contributed by atoms with Crippen molar-refractivity contribution in [2.24, 2.45) is 0 Å². The molecule has 2 N–H and O–H groups in total. The largest absolute Gasteiger partial charge is 0.448 e. The summed E-state index contributed by atoms with van der Waals surface area (Å²) in [6.45, 7) is 0. The number of H-pyrrole nitrogens is 1. The number of fused-ring (bicyclic) bond motifs is 2. The fourth-order valence-electron chi connectivity index (χ4n) is 4.29. The first-order valence-corrected chi connectivity index (χ1v) is 10.1. The molecular weight excluding hydrogens is 352 g/mol. The zero-order valence-corrected chi connectivity index (χ0v) is 15.8. The van der Waals surface area contributed by atoms with Crippen LogP contribution in [0.1, 0.15) is 44.1 Å². The molecule has 1 spiro atoms. The molecule has 2 aromatic carbocycles. The van der Waals surface area contributed by atoms with E-state index < -0.39 is 5.79 Å². The van der Waals surface area contributed by atoms with Crippen LogP contribution in [-0.2, 0) is 11.2 Å². The highest BCUT2D eigenvalue weighted by molar-refractivity contribution is 5.91. The molecule has 1 amide bonds. The third kappa shape index (κ3) is 3.21. The molecule has 5 rings (SSSR count). The molecule has 1 aliphatic heterocycles. The summed E-state index contributed by atoms with van der Waals surface area (Å²) < 4.78 is 12.1. The summed E-state index contributed by atoms with van der Waals surface area (Å²) in [5, 5.41) is 4.22. The van der Waals surface area contributed by atoms with Gasteiger partial charge in [0.2, 0.25) is 5.91 Å². The summed E-state index contributed by atoms with van der Waals surface area (Å²) >= 11 is 0. The Kier molecular flexibility index (Phi) is 4.23. The molecule has 3 aromatic rings. The average molecular weight is 376 g/mol. The fourth-order valence-corrected chi connectivity index (χ4v) is 4.29. The lowest BCUT2D eigenvalue weighted by molar-refractivity contribution is -0.116. The first-order valence-electron chi connectivity index (χ1n) is 10.1. The zero-order chi connectivity index (χ0) is 19.0. The number of benzene rings is 2. The predicted molar refractivity (Wildman–Crippen MR) is 109 cm³/mol. The van der Waals surface area contributed by atoms with Gasteiger partial charge in [-0.3, -0.25) is 4.79 Å². The lowest BCUT2D eigenvalue weighted by Gasteiger charge is -2.21. The number of rotatable bonds is 5. The van der Waals surface area contributed by atoms with Crippen LogP contribution in [-0.4, -0.2) is 16.7 Å². The zero-order valence-electron chi connectivity index (χ0n) is 15.8. The second-order valence-corrected chi connectivity index (χ2v) is 7.74. The van der Waals surface area contributed by atoms with E-state index in [2.05, 4.69) is 22.4 Å². The predicted octanol–water partition coefficient (Wildman–Crippen LogP) is 5.17. The summed E-state index contributed by atoms with van der Waals surface area (Å²) in [5.41, 5.74) is 3.16. The molecule has 5 nitrogen and oxygen atoms in total. The van der Waals surface area contributed by atoms with Crippen molar-refractivity contribution in [1.82, 2.24) is 4.98 Å². The smallest absolute Gasteiger partial charge is 0.251 e. The Hall–Kier alpha value is -2.95. The maximum atomic E-state index is 12.4. The van der Waals surface area contributed by atoms with Crippen molar-refractivity contribution >= 4 is 22.5 Å². The van der Waals surface area contributed by atoms with Gasteiger partial charge in [0.05, 0.1) is 0 Å². The molecule has 1 aromatic heterocycles. The molecule has 28 heavy (non-hydrogen) atoms. The number of nitrogens with one attached hydrogen (secondary N) is 2. The summed E-state index contributed by atoms with van der Waals surface area (Å²) in [6, 6.07) is 13.9. The van der Waals surface area contributed by atoms with Gasteiger partial charge in [0.1, 0.15) is 0 Å². The number of anilines is 1. The Balaban J connectivity index is 1.17. The maximum absolute atomic E-state index is 12.4. The second-order valence-electron chi connectivity index (χ2n) is 7.74. The van der Waals surface area contributed by atoms with Gasteiger partial charge in [0, 0.05) is 48.1 Å². The summed E-state index contributed by atoms with van der Waals surface area (Å²) in [4.78, 5) is 15.6. The number of para-hydroxylation sites is 1. The summed E-state index contributed by atoms with van der Waals surface area (Å²) in [6.07, 6.45) is 8.33. The van der Waals surface area contributed by atoms with Crippen LogP contribution in [0.5, 0.6) is 11.5 Å². The Morgan fingerprint density at radius 1 is 1.07 bits per heavy atom. The van der Waals surface area contributed by atoms with E-state index in [0.29, 0.717) is 6.42 Å². The minimum atomic E-state index is -0.468. The molecular formula is C23H24N2O3. The van der Waals surface area contributed by atoms with Crippen LogP contribution in [0.4, 0.5) is 5.69 Å². The molecule has 1 aliphatic carbocycles. The van der Waals surface area contributed by atoms with Gasteiger partial charge in [-0.2, -0.15) is 0 Å². The lowest BCUT2D eigenvalue weighted by atomic mass is 10.1. The number of aromatic nitrogens is 1. The highest BCUT2D eigenvalue weighted by atomic mass is 16.7. The molecule has 5 heteroatoms. The number of hydrogen-bond donors (Lipinski definition) is 2. The number of hydrogen-bond acceptors (Lipinski definition) is 3. The van der Waals surface area contributed by atoms with E-state index in [1.165, 1.54) is 10.9 Å². The second kappa shape index (κ2) is 6.89. The molecule has 0 saturated heterocycles. The molecule has 0 bridgehead atoms. The van der Waals surface area contributed by atoms with Crippen LogP contribution in [0.2, 0.25) is 0 Å². The van der Waals surface area contributed by atoms with Gasteiger partial charge in [-0.15, -0.1) is 0 Å². The van der Waals surface area contributed by atoms with Crippen LogP contribution < -0.4 is 14.8 Å². The number of ether oxygens (including phenoxy) is 2. The third-order valence-electron chi connectivity index (χ3n) is 5.71. The minimum Gasteiger partial charge on any atom is -0.448 e. The van der Waals surface area contributed by atoms with E-state index >= 15 is 0 Å². The molecule has 1 saturated carbocycles. The van der Waals surface area contributed by atoms with Crippen LogP contribution in [0.15, 0.2) is 48.7 Å². The first kappa shape index (κ1) is 17.2. The Labute approximate surface area is 164 Å². The molecule has 0 atom stereocenters. The molecule has 0 unspecified atom stereocenters. The van der Waals surface area contributed by atoms with E-state index in [1.807, 2.05) is 36.5 Å². The Morgan fingerprint density at radius 2 is 1.89 bits per heavy atom. The molecule has 1 fully saturated rings. The standard InChI is InChI=1S/C23H24N2O3/c26-22(9-5-6-16-15-24-19-8-2-1-7-18(16)19)25-17-10-11-20-21(14-17)28-23(27-20)12-3-4-13-23/h1-2,7-8,10-11,14-15,24H,3-6,9,12-13H2,(H,25,26). The Morgan fingerprint density at radius 3 is 2.79 bits per heavy atom. The quantitative estimate of drug-likeness (QED) is 0.646. The van der Waals surface area contributed by atoms with E-state index in [0.717, 1.165) is 61.2 Å². The third-order valence-corrected chi connectivity index (χ3v) is 5.71. The van der Waals surface area contributed by atoms with Crippen LogP contribution >= 0.6 is 0 Å². The highest BCUT2D eigenvalue weighted by Gasteiger charge is 2.44. The van der Waals surface area contributed by atoms with Crippen LogP contribution in [0.3, 0.4) is 0 Å². The number of aromatic amines is 1.